The molecule has 1 unspecified atom stereocenters. The summed E-state index contributed by atoms with van der Waals surface area (Å²) in [4.78, 5) is 15.8. The summed E-state index contributed by atoms with van der Waals surface area (Å²) >= 11 is 0. The average Bonchev–Trinajstić information content (AvgIpc) is 2.52. The quantitative estimate of drug-likeness (QED) is 0.672. The van der Waals surface area contributed by atoms with Crippen LogP contribution in [-0.2, 0) is 0 Å². The van der Waals surface area contributed by atoms with E-state index in [2.05, 4.69) is 15.0 Å². The number of nitrogens with two attached hydrogens (primary N) is 1. The first-order valence-electron chi connectivity index (χ1n) is 7.29. The van der Waals surface area contributed by atoms with Crippen LogP contribution in [0.3, 0.4) is 0 Å². The number of rotatable bonds is 8. The lowest BCUT2D eigenvalue weighted by Gasteiger charge is -2.33. The summed E-state index contributed by atoms with van der Waals surface area (Å²) in [5.74, 6) is -4.90. The van der Waals surface area contributed by atoms with E-state index < -0.39 is 30.4 Å². The fraction of sp³-hybridized carbons (Fsp3) is 0.600. The third kappa shape index (κ3) is 6.32. The highest BCUT2D eigenvalue weighted by molar-refractivity contribution is 5.94. The van der Waals surface area contributed by atoms with Gasteiger partial charge in [-0.1, -0.05) is 13.8 Å². The van der Waals surface area contributed by atoms with Crippen molar-refractivity contribution in [1.82, 2.24) is 10.3 Å². The lowest BCUT2D eigenvalue weighted by Crippen LogP contribution is -2.55. The Kier molecular flexibility index (Phi) is 8.60. The van der Waals surface area contributed by atoms with Gasteiger partial charge in [0.2, 0.25) is 5.88 Å². The molecule has 1 aromatic heterocycles. The van der Waals surface area contributed by atoms with Crippen molar-refractivity contribution in [3.8, 4) is 5.88 Å². The molecule has 0 saturated heterocycles. The normalized spacial score (nSPS) is 14.0. The van der Waals surface area contributed by atoms with Gasteiger partial charge >= 0.3 is 12.3 Å². The van der Waals surface area contributed by atoms with Crippen molar-refractivity contribution in [2.24, 2.45) is 11.7 Å². The molecule has 0 aromatic carbocycles. The topological polar surface area (TPSA) is 77.2 Å². The number of nitrogens with one attached hydrogen (secondary N) is 1. The van der Waals surface area contributed by atoms with Crippen LogP contribution in [0.15, 0.2) is 18.3 Å². The number of amides is 1. The molecule has 1 atom stereocenters. The molecule has 0 aliphatic rings. The molecule has 1 rings (SSSR count). The highest BCUT2D eigenvalue weighted by Crippen LogP contribution is 2.23. The Bertz CT molecular complexity index is 558. The highest BCUT2D eigenvalue weighted by Gasteiger charge is 2.41. The number of carbonyl (C=O) groups is 1. The molecule has 0 saturated carbocycles. The summed E-state index contributed by atoms with van der Waals surface area (Å²) in [5, 5.41) is 2.79. The van der Waals surface area contributed by atoms with Crippen molar-refractivity contribution in [3.05, 3.63) is 23.9 Å². The monoisotopic (exact) mass is 387 g/mol. The van der Waals surface area contributed by atoms with Crippen molar-refractivity contribution in [2.45, 2.75) is 38.7 Å². The molecule has 0 radical (unpaired) electrons. The molecule has 0 aliphatic carbocycles. The van der Waals surface area contributed by atoms with Crippen LogP contribution >= 0.6 is 12.4 Å². The van der Waals surface area contributed by atoms with Crippen LogP contribution in [0, 0.1) is 5.92 Å². The van der Waals surface area contributed by atoms with Gasteiger partial charge in [-0.25, -0.2) is 13.8 Å². The predicted octanol–water partition coefficient (Wildman–Crippen LogP) is 2.89. The first-order valence-corrected chi connectivity index (χ1v) is 7.29. The van der Waals surface area contributed by atoms with Crippen LogP contribution < -0.4 is 15.8 Å². The van der Waals surface area contributed by atoms with E-state index in [0.717, 1.165) is 12.3 Å². The van der Waals surface area contributed by atoms with Gasteiger partial charge in [0.15, 0.2) is 6.61 Å². The standard InChI is InChI=1S/C15H21F4N3O2.ClH/c1-9(2)14(3,7-20)22-12(23)10-4-5-11(21-6-10)24-8-15(18,19)13(16)17;/h4-6,9,13H,7-8,20H2,1-3H3,(H,22,23);1H. The van der Waals surface area contributed by atoms with E-state index in [1.54, 1.807) is 6.92 Å². The second-order valence-corrected chi connectivity index (χ2v) is 5.97. The van der Waals surface area contributed by atoms with Gasteiger partial charge in [0.25, 0.3) is 5.91 Å². The van der Waals surface area contributed by atoms with Gasteiger partial charge in [0.05, 0.1) is 11.1 Å². The Morgan fingerprint density at radius 2 is 1.96 bits per heavy atom. The van der Waals surface area contributed by atoms with Crippen LogP contribution in [-0.4, -0.2) is 41.9 Å². The van der Waals surface area contributed by atoms with Crippen LogP contribution in [0.4, 0.5) is 17.6 Å². The second-order valence-electron chi connectivity index (χ2n) is 5.97. The minimum atomic E-state index is -4.27. The molecule has 0 bridgehead atoms. The molecule has 1 heterocycles. The second kappa shape index (κ2) is 9.19. The molecular weight excluding hydrogens is 366 g/mol. The number of halogens is 5. The van der Waals surface area contributed by atoms with E-state index >= 15 is 0 Å². The van der Waals surface area contributed by atoms with E-state index in [1.165, 1.54) is 6.07 Å². The van der Waals surface area contributed by atoms with Gasteiger partial charge < -0.3 is 15.8 Å². The fourth-order valence-corrected chi connectivity index (χ4v) is 1.60. The fourth-order valence-electron chi connectivity index (χ4n) is 1.60. The van der Waals surface area contributed by atoms with Gasteiger partial charge in [-0.2, -0.15) is 8.78 Å². The maximum Gasteiger partial charge on any atom is 0.340 e. The largest absolute Gasteiger partial charge is 0.471 e. The number of nitrogens with zero attached hydrogens (tertiary/aromatic N) is 1. The zero-order chi connectivity index (χ0) is 18.5. The van der Waals surface area contributed by atoms with E-state index in [1.807, 2.05) is 13.8 Å². The van der Waals surface area contributed by atoms with Crippen molar-refractivity contribution >= 4 is 18.3 Å². The van der Waals surface area contributed by atoms with Crippen molar-refractivity contribution in [3.63, 3.8) is 0 Å². The summed E-state index contributed by atoms with van der Waals surface area (Å²) in [6.45, 7) is 4.35. The number of ether oxygens (including phenoxy) is 1. The van der Waals surface area contributed by atoms with E-state index in [0.29, 0.717) is 0 Å². The summed E-state index contributed by atoms with van der Waals surface area (Å²) in [5.41, 5.74) is 5.23. The van der Waals surface area contributed by atoms with Crippen LogP contribution in [0.1, 0.15) is 31.1 Å². The van der Waals surface area contributed by atoms with Gasteiger partial charge in [-0.15, -0.1) is 12.4 Å². The Labute approximate surface area is 149 Å². The molecule has 25 heavy (non-hydrogen) atoms. The van der Waals surface area contributed by atoms with Gasteiger partial charge in [0.1, 0.15) is 0 Å². The molecule has 0 fully saturated rings. The molecule has 1 aromatic rings. The summed E-state index contributed by atoms with van der Waals surface area (Å²) < 4.78 is 54.1. The zero-order valence-electron chi connectivity index (χ0n) is 14.1. The maximum atomic E-state index is 12.8. The Balaban J connectivity index is 0.00000576. The molecule has 144 valence electrons. The molecular formula is C15H22ClF4N3O2. The highest BCUT2D eigenvalue weighted by atomic mass is 35.5. The summed E-state index contributed by atoms with van der Waals surface area (Å²) in [7, 11) is 0. The molecule has 0 spiro atoms. The smallest absolute Gasteiger partial charge is 0.340 e. The number of hydrogen-bond donors (Lipinski definition) is 2. The Morgan fingerprint density at radius 1 is 1.36 bits per heavy atom. The van der Waals surface area contributed by atoms with Crippen molar-refractivity contribution in [1.29, 1.82) is 0 Å². The minimum Gasteiger partial charge on any atom is -0.471 e. The first kappa shape index (κ1) is 23.4. The molecule has 5 nitrogen and oxygen atoms in total. The number of carbonyl (C=O) groups excluding carboxylic acids is 1. The molecule has 10 heteroatoms. The molecule has 0 aliphatic heterocycles. The van der Waals surface area contributed by atoms with Crippen LogP contribution in [0.5, 0.6) is 5.88 Å². The molecule has 1 amide bonds. The lowest BCUT2D eigenvalue weighted by atomic mass is 9.88. The SMILES string of the molecule is CC(C)C(C)(CN)NC(=O)c1ccc(OCC(F)(F)C(F)F)nc1.Cl. The first-order chi connectivity index (χ1) is 11.0. The third-order valence-corrected chi connectivity index (χ3v) is 3.83. The Hall–Kier alpha value is -1.61. The minimum absolute atomic E-state index is 0. The van der Waals surface area contributed by atoms with Crippen LogP contribution in [0.2, 0.25) is 0 Å². The Morgan fingerprint density at radius 3 is 2.36 bits per heavy atom. The predicted molar refractivity (Wildman–Crippen MR) is 87.7 cm³/mol. The number of hydrogen-bond acceptors (Lipinski definition) is 4. The van der Waals surface area contributed by atoms with Crippen molar-refractivity contribution in [2.75, 3.05) is 13.2 Å². The van der Waals surface area contributed by atoms with Crippen LogP contribution in [0.25, 0.3) is 0 Å². The van der Waals surface area contributed by atoms with E-state index in [4.69, 9.17) is 5.73 Å². The number of alkyl halides is 4. The maximum absolute atomic E-state index is 12.8. The van der Waals surface area contributed by atoms with Gasteiger partial charge in [-0.3, -0.25) is 4.79 Å². The zero-order valence-corrected chi connectivity index (χ0v) is 14.9. The van der Waals surface area contributed by atoms with Gasteiger partial charge in [0, 0.05) is 18.8 Å². The van der Waals surface area contributed by atoms with E-state index in [9.17, 15) is 22.4 Å². The van der Waals surface area contributed by atoms with Gasteiger partial charge in [-0.05, 0) is 18.9 Å². The number of aromatic nitrogens is 1. The molecule has 3 N–H and O–H groups in total. The third-order valence-electron chi connectivity index (χ3n) is 3.83. The number of pyridine rings is 1. The lowest BCUT2D eigenvalue weighted by molar-refractivity contribution is -0.148. The van der Waals surface area contributed by atoms with Crippen molar-refractivity contribution < 1.29 is 27.1 Å². The summed E-state index contributed by atoms with van der Waals surface area (Å²) in [6, 6.07) is 2.46. The average molecular weight is 388 g/mol. The summed E-state index contributed by atoms with van der Waals surface area (Å²) in [6.07, 6.45) is -2.71. The van der Waals surface area contributed by atoms with E-state index in [-0.39, 0.29) is 36.3 Å².